The first-order valence-electron chi connectivity index (χ1n) is 7.16. The van der Waals surface area contributed by atoms with E-state index >= 15 is 0 Å². The summed E-state index contributed by atoms with van der Waals surface area (Å²) in [7, 11) is 1.86. The lowest BCUT2D eigenvalue weighted by atomic mass is 10.2. The van der Waals surface area contributed by atoms with Crippen LogP contribution in [0.25, 0.3) is 10.9 Å². The summed E-state index contributed by atoms with van der Waals surface area (Å²) in [6, 6.07) is 9.68. The van der Waals surface area contributed by atoms with Gasteiger partial charge in [0.15, 0.2) is 0 Å². The summed E-state index contributed by atoms with van der Waals surface area (Å²) in [5.74, 6) is -0.640. The molecule has 0 fully saturated rings. The van der Waals surface area contributed by atoms with Gasteiger partial charge in [0.1, 0.15) is 5.69 Å². The van der Waals surface area contributed by atoms with Crippen molar-refractivity contribution in [2.24, 2.45) is 12.8 Å². The molecule has 0 aliphatic rings. The van der Waals surface area contributed by atoms with Crippen molar-refractivity contribution in [3.8, 4) is 0 Å². The normalized spacial score (nSPS) is 10.8. The standard InChI is InChI=1S/C16H21N3O2/c1-3-4-9-19(11-15(17)20)16(21)14-10-12-7-5-6-8-13(12)18(14)2/h5-8,10H,3-4,9,11H2,1-2H3,(H2,17,20). The van der Waals surface area contributed by atoms with Gasteiger partial charge >= 0.3 is 0 Å². The quantitative estimate of drug-likeness (QED) is 0.881. The minimum absolute atomic E-state index is 0.0413. The molecule has 0 bridgehead atoms. The minimum Gasteiger partial charge on any atom is -0.368 e. The zero-order chi connectivity index (χ0) is 15.4. The van der Waals surface area contributed by atoms with E-state index in [-0.39, 0.29) is 12.5 Å². The second-order valence-electron chi connectivity index (χ2n) is 5.19. The Balaban J connectivity index is 2.33. The van der Waals surface area contributed by atoms with Crippen molar-refractivity contribution in [2.45, 2.75) is 19.8 Å². The number of aryl methyl sites for hydroxylation is 1. The number of hydrogen-bond donors (Lipinski definition) is 1. The molecule has 5 heteroatoms. The summed E-state index contributed by atoms with van der Waals surface area (Å²) in [6.45, 7) is 2.55. The molecule has 0 unspecified atom stereocenters. The van der Waals surface area contributed by atoms with Gasteiger partial charge in [-0.3, -0.25) is 9.59 Å². The molecular weight excluding hydrogens is 266 g/mol. The largest absolute Gasteiger partial charge is 0.368 e. The van der Waals surface area contributed by atoms with Crippen molar-refractivity contribution < 1.29 is 9.59 Å². The van der Waals surface area contributed by atoms with Crippen molar-refractivity contribution >= 4 is 22.7 Å². The molecule has 0 atom stereocenters. The number of aromatic nitrogens is 1. The molecule has 2 aromatic rings. The highest BCUT2D eigenvalue weighted by atomic mass is 16.2. The van der Waals surface area contributed by atoms with E-state index in [4.69, 9.17) is 5.73 Å². The Hall–Kier alpha value is -2.30. The van der Waals surface area contributed by atoms with Crippen LogP contribution in [0.5, 0.6) is 0 Å². The summed E-state index contributed by atoms with van der Waals surface area (Å²) in [6.07, 6.45) is 1.81. The molecule has 0 saturated heterocycles. The van der Waals surface area contributed by atoms with Crippen LogP contribution in [0.3, 0.4) is 0 Å². The lowest BCUT2D eigenvalue weighted by Crippen LogP contribution is -2.39. The third-order valence-corrected chi connectivity index (χ3v) is 3.59. The predicted octanol–water partition coefficient (Wildman–Crippen LogP) is 1.91. The smallest absolute Gasteiger partial charge is 0.270 e. The SMILES string of the molecule is CCCCN(CC(N)=O)C(=O)c1cc2ccccc2n1C. The zero-order valence-electron chi connectivity index (χ0n) is 12.5. The highest BCUT2D eigenvalue weighted by Gasteiger charge is 2.20. The fourth-order valence-corrected chi connectivity index (χ4v) is 2.45. The highest BCUT2D eigenvalue weighted by molar-refractivity contribution is 6.00. The molecule has 2 N–H and O–H groups in total. The van der Waals surface area contributed by atoms with Gasteiger partial charge in [-0.25, -0.2) is 0 Å². The monoisotopic (exact) mass is 287 g/mol. The molecule has 1 heterocycles. The summed E-state index contributed by atoms with van der Waals surface area (Å²) < 4.78 is 1.86. The lowest BCUT2D eigenvalue weighted by molar-refractivity contribution is -0.118. The van der Waals surface area contributed by atoms with E-state index in [2.05, 4.69) is 0 Å². The van der Waals surface area contributed by atoms with Crippen LogP contribution in [-0.2, 0) is 11.8 Å². The predicted molar refractivity (Wildman–Crippen MR) is 82.9 cm³/mol. The van der Waals surface area contributed by atoms with Crippen LogP contribution in [0, 0.1) is 0 Å². The lowest BCUT2D eigenvalue weighted by Gasteiger charge is -2.21. The van der Waals surface area contributed by atoms with Gasteiger partial charge in [-0.2, -0.15) is 0 Å². The van der Waals surface area contributed by atoms with E-state index in [0.29, 0.717) is 12.2 Å². The van der Waals surface area contributed by atoms with Gasteiger partial charge in [-0.1, -0.05) is 31.5 Å². The molecule has 5 nitrogen and oxygen atoms in total. The van der Waals surface area contributed by atoms with E-state index in [0.717, 1.165) is 23.7 Å². The fraction of sp³-hybridized carbons (Fsp3) is 0.375. The Morgan fingerprint density at radius 2 is 2.00 bits per heavy atom. The van der Waals surface area contributed by atoms with Crippen LogP contribution in [-0.4, -0.2) is 34.4 Å². The van der Waals surface area contributed by atoms with Crippen LogP contribution >= 0.6 is 0 Å². The number of para-hydroxylation sites is 1. The molecule has 0 spiro atoms. The molecule has 112 valence electrons. The Morgan fingerprint density at radius 1 is 1.29 bits per heavy atom. The van der Waals surface area contributed by atoms with E-state index in [1.54, 1.807) is 0 Å². The maximum Gasteiger partial charge on any atom is 0.270 e. The fourth-order valence-electron chi connectivity index (χ4n) is 2.45. The number of rotatable bonds is 6. The van der Waals surface area contributed by atoms with Crippen LogP contribution in [0.2, 0.25) is 0 Å². The molecule has 0 aliphatic heterocycles. The van der Waals surface area contributed by atoms with Gasteiger partial charge in [0.2, 0.25) is 5.91 Å². The average Bonchev–Trinajstić information content (AvgIpc) is 2.80. The molecule has 0 saturated carbocycles. The van der Waals surface area contributed by atoms with E-state index in [1.165, 1.54) is 4.90 Å². The first-order chi connectivity index (χ1) is 10.0. The van der Waals surface area contributed by atoms with Gasteiger partial charge in [0.25, 0.3) is 5.91 Å². The Morgan fingerprint density at radius 3 is 2.62 bits per heavy atom. The zero-order valence-corrected chi connectivity index (χ0v) is 12.5. The number of unbranched alkanes of at least 4 members (excludes halogenated alkanes) is 1. The van der Waals surface area contributed by atoms with Crippen molar-refractivity contribution in [3.05, 3.63) is 36.0 Å². The molecule has 21 heavy (non-hydrogen) atoms. The molecule has 1 aromatic heterocycles. The Kier molecular flexibility index (Phi) is 4.62. The summed E-state index contributed by atoms with van der Waals surface area (Å²) >= 11 is 0. The second-order valence-corrected chi connectivity index (χ2v) is 5.19. The van der Waals surface area contributed by atoms with Crippen molar-refractivity contribution in [2.75, 3.05) is 13.1 Å². The minimum atomic E-state index is -0.488. The van der Waals surface area contributed by atoms with E-state index in [1.807, 2.05) is 48.9 Å². The highest BCUT2D eigenvalue weighted by Crippen LogP contribution is 2.19. The first-order valence-corrected chi connectivity index (χ1v) is 7.16. The van der Waals surface area contributed by atoms with Gasteiger partial charge in [0.05, 0.1) is 6.54 Å². The van der Waals surface area contributed by atoms with E-state index < -0.39 is 5.91 Å². The number of amides is 2. The van der Waals surface area contributed by atoms with Crippen LogP contribution < -0.4 is 5.73 Å². The Bertz CT molecular complexity index is 661. The summed E-state index contributed by atoms with van der Waals surface area (Å²) in [5, 5.41) is 1.01. The number of nitrogens with two attached hydrogens (primary N) is 1. The van der Waals surface area contributed by atoms with Gasteiger partial charge in [0, 0.05) is 24.5 Å². The maximum absolute atomic E-state index is 12.7. The molecule has 2 rings (SSSR count). The van der Waals surface area contributed by atoms with Crippen LogP contribution in [0.15, 0.2) is 30.3 Å². The van der Waals surface area contributed by atoms with Gasteiger partial charge in [-0.15, -0.1) is 0 Å². The second kappa shape index (κ2) is 6.43. The van der Waals surface area contributed by atoms with Gasteiger partial charge in [-0.05, 0) is 18.6 Å². The summed E-state index contributed by atoms with van der Waals surface area (Å²) in [4.78, 5) is 25.4. The summed E-state index contributed by atoms with van der Waals surface area (Å²) in [5.41, 5.74) is 6.83. The number of carbonyl (C=O) groups excluding carboxylic acids is 2. The number of carbonyl (C=O) groups is 2. The molecule has 2 amide bonds. The number of hydrogen-bond acceptors (Lipinski definition) is 2. The molecule has 1 aromatic carbocycles. The average molecular weight is 287 g/mol. The number of fused-ring (bicyclic) bond motifs is 1. The number of benzene rings is 1. The number of nitrogens with zero attached hydrogens (tertiary/aromatic N) is 2. The molecule has 0 radical (unpaired) electrons. The maximum atomic E-state index is 12.7. The van der Waals surface area contributed by atoms with Crippen LogP contribution in [0.1, 0.15) is 30.3 Å². The third-order valence-electron chi connectivity index (χ3n) is 3.59. The first kappa shape index (κ1) is 15.1. The van der Waals surface area contributed by atoms with Crippen molar-refractivity contribution in [1.29, 1.82) is 0 Å². The topological polar surface area (TPSA) is 68.3 Å². The molecular formula is C16H21N3O2. The van der Waals surface area contributed by atoms with Crippen LogP contribution in [0.4, 0.5) is 0 Å². The van der Waals surface area contributed by atoms with Crippen molar-refractivity contribution in [1.82, 2.24) is 9.47 Å². The van der Waals surface area contributed by atoms with E-state index in [9.17, 15) is 9.59 Å². The number of primary amides is 1. The third kappa shape index (κ3) is 3.24. The van der Waals surface area contributed by atoms with Crippen molar-refractivity contribution in [3.63, 3.8) is 0 Å². The van der Waals surface area contributed by atoms with Gasteiger partial charge < -0.3 is 15.2 Å². The Labute approximate surface area is 124 Å². The molecule has 0 aliphatic carbocycles.